The Labute approximate surface area is 150 Å². The molecule has 7 heteroatoms. The molecule has 0 spiro atoms. The van der Waals surface area contributed by atoms with Crippen LogP contribution >= 0.6 is 0 Å². The standard InChI is InChI=1S/C18H28N2O4S/c1-14(18(21)19-15-8-6-4-5-7-9-15)20(25(3,22)23)16-10-12-17(24-2)13-11-16/h10-15H,4-9H2,1-3H3,(H,19,21)/t14-/m0/s1. The highest BCUT2D eigenvalue weighted by Gasteiger charge is 2.30. The molecule has 6 nitrogen and oxygen atoms in total. The molecule has 25 heavy (non-hydrogen) atoms. The van der Waals surface area contributed by atoms with Gasteiger partial charge in [0.2, 0.25) is 15.9 Å². The summed E-state index contributed by atoms with van der Waals surface area (Å²) in [5.41, 5.74) is 0.451. The van der Waals surface area contributed by atoms with E-state index >= 15 is 0 Å². The van der Waals surface area contributed by atoms with Gasteiger partial charge in [0.25, 0.3) is 0 Å². The lowest BCUT2D eigenvalue weighted by molar-refractivity contribution is -0.122. The number of carbonyl (C=O) groups is 1. The number of methoxy groups -OCH3 is 1. The average molecular weight is 368 g/mol. The number of anilines is 1. The van der Waals surface area contributed by atoms with E-state index in [1.54, 1.807) is 38.3 Å². The first-order valence-electron chi connectivity index (χ1n) is 8.77. The maximum atomic E-state index is 12.7. The van der Waals surface area contributed by atoms with E-state index in [0.717, 1.165) is 31.9 Å². The minimum atomic E-state index is -3.60. The number of rotatable bonds is 6. The van der Waals surface area contributed by atoms with Crippen LogP contribution in [-0.2, 0) is 14.8 Å². The summed E-state index contributed by atoms with van der Waals surface area (Å²) in [4.78, 5) is 12.7. The van der Waals surface area contributed by atoms with E-state index in [0.29, 0.717) is 11.4 Å². The van der Waals surface area contributed by atoms with Crippen molar-refractivity contribution in [2.24, 2.45) is 0 Å². The van der Waals surface area contributed by atoms with Gasteiger partial charge in [0.1, 0.15) is 11.8 Å². The fourth-order valence-corrected chi connectivity index (χ4v) is 4.46. The van der Waals surface area contributed by atoms with Crippen molar-refractivity contribution in [2.45, 2.75) is 57.5 Å². The smallest absolute Gasteiger partial charge is 0.243 e. The molecule has 1 amide bonds. The maximum Gasteiger partial charge on any atom is 0.243 e. The lowest BCUT2D eigenvalue weighted by atomic mass is 10.1. The molecule has 0 aromatic heterocycles. The Bertz CT molecular complexity index is 665. The van der Waals surface area contributed by atoms with E-state index in [-0.39, 0.29) is 11.9 Å². The third kappa shape index (κ3) is 5.36. The quantitative estimate of drug-likeness (QED) is 0.783. The predicted molar refractivity (Wildman–Crippen MR) is 99.4 cm³/mol. The van der Waals surface area contributed by atoms with Crippen molar-refractivity contribution >= 4 is 21.6 Å². The van der Waals surface area contributed by atoms with Crippen LogP contribution in [0.25, 0.3) is 0 Å². The third-order valence-electron chi connectivity index (χ3n) is 4.62. The summed E-state index contributed by atoms with van der Waals surface area (Å²) >= 11 is 0. The van der Waals surface area contributed by atoms with Crippen LogP contribution < -0.4 is 14.4 Å². The van der Waals surface area contributed by atoms with Crippen LogP contribution in [0, 0.1) is 0 Å². The van der Waals surface area contributed by atoms with Crippen molar-refractivity contribution in [1.29, 1.82) is 0 Å². The Morgan fingerprint density at radius 1 is 1.16 bits per heavy atom. The number of hydrogen-bond acceptors (Lipinski definition) is 4. The van der Waals surface area contributed by atoms with Gasteiger partial charge in [-0.05, 0) is 44.0 Å². The summed E-state index contributed by atoms with van der Waals surface area (Å²) in [5.74, 6) is 0.376. The first kappa shape index (κ1) is 19.6. The molecule has 1 N–H and O–H groups in total. The number of nitrogens with one attached hydrogen (secondary N) is 1. The second-order valence-corrected chi connectivity index (χ2v) is 8.49. The molecule has 0 unspecified atom stereocenters. The number of hydrogen-bond donors (Lipinski definition) is 1. The Morgan fingerprint density at radius 2 is 1.72 bits per heavy atom. The molecule has 140 valence electrons. The van der Waals surface area contributed by atoms with E-state index < -0.39 is 16.1 Å². The topological polar surface area (TPSA) is 75.7 Å². The summed E-state index contributed by atoms with van der Waals surface area (Å²) < 4.78 is 30.9. The lowest BCUT2D eigenvalue weighted by Gasteiger charge is -2.29. The van der Waals surface area contributed by atoms with Gasteiger partial charge in [0, 0.05) is 6.04 Å². The van der Waals surface area contributed by atoms with Gasteiger partial charge in [0.15, 0.2) is 0 Å². The third-order valence-corrected chi connectivity index (χ3v) is 5.86. The minimum absolute atomic E-state index is 0.134. The van der Waals surface area contributed by atoms with Crippen LogP contribution in [0.5, 0.6) is 5.75 Å². The van der Waals surface area contributed by atoms with Crippen LogP contribution in [0.4, 0.5) is 5.69 Å². The Balaban J connectivity index is 2.17. The zero-order valence-corrected chi connectivity index (χ0v) is 16.0. The summed E-state index contributed by atoms with van der Waals surface area (Å²) in [6, 6.07) is 5.98. The summed E-state index contributed by atoms with van der Waals surface area (Å²) in [7, 11) is -2.05. The lowest BCUT2D eigenvalue weighted by Crippen LogP contribution is -2.50. The van der Waals surface area contributed by atoms with Crippen molar-refractivity contribution in [3.05, 3.63) is 24.3 Å². The Hall–Kier alpha value is -1.76. The summed E-state index contributed by atoms with van der Waals surface area (Å²) in [5, 5.41) is 3.03. The van der Waals surface area contributed by atoms with Crippen LogP contribution in [0.15, 0.2) is 24.3 Å². The number of benzene rings is 1. The van der Waals surface area contributed by atoms with Crippen molar-refractivity contribution in [1.82, 2.24) is 5.32 Å². The zero-order valence-electron chi connectivity index (χ0n) is 15.2. The van der Waals surface area contributed by atoms with Crippen molar-refractivity contribution < 1.29 is 17.9 Å². The molecule has 0 aliphatic heterocycles. The predicted octanol–water partition coefficient (Wildman–Crippen LogP) is 2.69. The van der Waals surface area contributed by atoms with Gasteiger partial charge in [-0.2, -0.15) is 0 Å². The monoisotopic (exact) mass is 368 g/mol. The van der Waals surface area contributed by atoms with E-state index in [1.165, 1.54) is 17.1 Å². The van der Waals surface area contributed by atoms with E-state index in [2.05, 4.69) is 5.32 Å². The molecule has 1 atom stereocenters. The molecule has 1 aliphatic rings. The van der Waals surface area contributed by atoms with Gasteiger partial charge in [-0.25, -0.2) is 8.42 Å². The summed E-state index contributed by atoms with van der Waals surface area (Å²) in [6.07, 6.45) is 7.64. The number of amides is 1. The van der Waals surface area contributed by atoms with Gasteiger partial charge >= 0.3 is 0 Å². The van der Waals surface area contributed by atoms with Crippen LogP contribution in [0.1, 0.15) is 45.4 Å². The van der Waals surface area contributed by atoms with Gasteiger partial charge < -0.3 is 10.1 Å². The molecular formula is C18H28N2O4S. The highest BCUT2D eigenvalue weighted by atomic mass is 32.2. The Kier molecular flexibility index (Phi) is 6.70. The number of nitrogens with zero attached hydrogens (tertiary/aromatic N) is 1. The molecule has 0 heterocycles. The molecule has 1 saturated carbocycles. The van der Waals surface area contributed by atoms with Gasteiger partial charge in [-0.15, -0.1) is 0 Å². The Morgan fingerprint density at radius 3 is 2.20 bits per heavy atom. The molecule has 0 radical (unpaired) electrons. The number of sulfonamides is 1. The van der Waals surface area contributed by atoms with Crippen molar-refractivity contribution in [3.63, 3.8) is 0 Å². The molecule has 1 aliphatic carbocycles. The molecule has 0 saturated heterocycles. The molecule has 1 aromatic rings. The molecule has 1 fully saturated rings. The first-order chi connectivity index (χ1) is 11.8. The summed E-state index contributed by atoms with van der Waals surface area (Å²) in [6.45, 7) is 1.62. The highest BCUT2D eigenvalue weighted by Crippen LogP contribution is 2.24. The van der Waals surface area contributed by atoms with Crippen LogP contribution in [0.2, 0.25) is 0 Å². The van der Waals surface area contributed by atoms with Gasteiger partial charge in [0.05, 0.1) is 19.1 Å². The van der Waals surface area contributed by atoms with Gasteiger partial charge in [-0.1, -0.05) is 25.7 Å². The van der Waals surface area contributed by atoms with E-state index in [1.807, 2.05) is 0 Å². The van der Waals surface area contributed by atoms with Crippen molar-refractivity contribution in [2.75, 3.05) is 17.7 Å². The van der Waals surface area contributed by atoms with Crippen LogP contribution in [0.3, 0.4) is 0 Å². The minimum Gasteiger partial charge on any atom is -0.497 e. The SMILES string of the molecule is COc1ccc(N([C@@H](C)C(=O)NC2CCCCCC2)S(C)(=O)=O)cc1. The first-order valence-corrected chi connectivity index (χ1v) is 10.6. The normalized spacial score (nSPS) is 17.4. The number of carbonyl (C=O) groups excluding carboxylic acids is 1. The molecule has 0 bridgehead atoms. The largest absolute Gasteiger partial charge is 0.497 e. The zero-order chi connectivity index (χ0) is 18.4. The van der Waals surface area contributed by atoms with Crippen LogP contribution in [-0.4, -0.2) is 39.8 Å². The fourth-order valence-electron chi connectivity index (χ4n) is 3.28. The number of ether oxygens (including phenoxy) is 1. The molecular weight excluding hydrogens is 340 g/mol. The molecule has 2 rings (SSSR count). The van der Waals surface area contributed by atoms with E-state index in [9.17, 15) is 13.2 Å². The average Bonchev–Trinajstić information content (AvgIpc) is 2.83. The van der Waals surface area contributed by atoms with Crippen molar-refractivity contribution in [3.8, 4) is 5.75 Å². The van der Waals surface area contributed by atoms with Gasteiger partial charge in [-0.3, -0.25) is 9.10 Å². The highest BCUT2D eigenvalue weighted by molar-refractivity contribution is 7.92. The molecule has 1 aromatic carbocycles. The second kappa shape index (κ2) is 8.56. The fraction of sp³-hybridized carbons (Fsp3) is 0.611. The maximum absolute atomic E-state index is 12.7. The second-order valence-electron chi connectivity index (χ2n) is 6.63. The van der Waals surface area contributed by atoms with E-state index in [4.69, 9.17) is 4.74 Å².